The van der Waals surface area contributed by atoms with Crippen molar-refractivity contribution in [3.63, 3.8) is 0 Å². The van der Waals surface area contributed by atoms with Crippen LogP contribution in [0.4, 0.5) is 10.7 Å². The highest BCUT2D eigenvalue weighted by Gasteiger charge is 2.17. The monoisotopic (exact) mass is 449 g/mol. The lowest BCUT2D eigenvalue weighted by Gasteiger charge is -2.21. The molecule has 0 saturated carbocycles. The van der Waals surface area contributed by atoms with Gasteiger partial charge in [0.25, 0.3) is 5.56 Å². The second-order valence-corrected chi connectivity index (χ2v) is 7.75. The number of urea groups is 1. The minimum absolute atomic E-state index is 0.101. The van der Waals surface area contributed by atoms with Crippen LogP contribution >= 0.6 is 0 Å². The summed E-state index contributed by atoms with van der Waals surface area (Å²) >= 11 is 0. The zero-order chi connectivity index (χ0) is 23.5. The number of ether oxygens (including phenoxy) is 1. The molecule has 3 aromatic heterocycles. The highest BCUT2D eigenvalue weighted by molar-refractivity contribution is 5.94. The summed E-state index contributed by atoms with van der Waals surface area (Å²) in [6.45, 7) is 6.22. The van der Waals surface area contributed by atoms with Crippen LogP contribution in [0, 0.1) is 0 Å². The van der Waals surface area contributed by atoms with Crippen molar-refractivity contribution < 1.29 is 9.53 Å². The first-order valence-corrected chi connectivity index (χ1v) is 10.7. The highest BCUT2D eigenvalue weighted by atomic mass is 16.5. The molecule has 3 heterocycles. The Hall–Kier alpha value is -3.92. The quantitative estimate of drug-likeness (QED) is 0.400. The number of hydrogen-bond donors (Lipinski definition) is 3. The molecule has 0 unspecified atom stereocenters. The highest BCUT2D eigenvalue weighted by Crippen LogP contribution is 2.29. The molecule has 0 aliphatic heterocycles. The molecule has 0 aliphatic carbocycles. The number of methoxy groups -OCH3 is 1. The van der Waals surface area contributed by atoms with Gasteiger partial charge >= 0.3 is 6.03 Å². The van der Waals surface area contributed by atoms with Crippen LogP contribution in [0.1, 0.15) is 26.8 Å². The standard InChI is InChI=1S/C23H27N7O3/c1-5-24-23(32)28-22-26-18-11-17(12-19(21(18)27-22)30-9-6-8-25-30)16-7-10-29(20(31)13-16)14(2)15(3)33-4/h6-15H,5H2,1-4H3,(H3,24,26,27,28,32)/t14-,15+/m0/s1. The van der Waals surface area contributed by atoms with E-state index in [0.717, 1.165) is 16.8 Å². The predicted octanol–water partition coefficient (Wildman–Crippen LogP) is 3.31. The fourth-order valence-electron chi connectivity index (χ4n) is 3.65. The van der Waals surface area contributed by atoms with Gasteiger partial charge < -0.3 is 19.6 Å². The number of H-pyrrole nitrogens is 1. The third-order valence-corrected chi connectivity index (χ3v) is 5.66. The van der Waals surface area contributed by atoms with Crippen LogP contribution in [0.25, 0.3) is 27.8 Å². The number of benzene rings is 1. The molecule has 0 fully saturated rings. The minimum Gasteiger partial charge on any atom is -0.380 e. The molecule has 1 aromatic carbocycles. The van der Waals surface area contributed by atoms with Gasteiger partial charge in [-0.3, -0.25) is 10.1 Å². The maximum Gasteiger partial charge on any atom is 0.321 e. The number of hydrogen-bond acceptors (Lipinski definition) is 5. The molecular weight excluding hydrogens is 422 g/mol. The van der Waals surface area contributed by atoms with Gasteiger partial charge in [0.2, 0.25) is 5.95 Å². The molecule has 4 aromatic rings. The molecule has 0 saturated heterocycles. The van der Waals surface area contributed by atoms with Crippen LogP contribution in [0.3, 0.4) is 0 Å². The number of aromatic amines is 1. The van der Waals surface area contributed by atoms with E-state index in [-0.39, 0.29) is 23.7 Å². The number of carbonyl (C=O) groups excluding carboxylic acids is 1. The number of carbonyl (C=O) groups is 1. The van der Waals surface area contributed by atoms with Crippen LogP contribution in [0.5, 0.6) is 0 Å². The molecule has 0 radical (unpaired) electrons. The van der Waals surface area contributed by atoms with Crippen LogP contribution < -0.4 is 16.2 Å². The molecule has 2 atom stereocenters. The Bertz CT molecular complexity index is 1320. The molecule has 2 amide bonds. The summed E-state index contributed by atoms with van der Waals surface area (Å²) in [5.74, 6) is 0.319. The topological polar surface area (TPSA) is 119 Å². The Balaban J connectivity index is 1.79. The number of nitrogens with zero attached hydrogens (tertiary/aromatic N) is 4. The van der Waals surface area contributed by atoms with Crippen molar-refractivity contribution in [3.05, 3.63) is 59.3 Å². The summed E-state index contributed by atoms with van der Waals surface area (Å²) in [6.07, 6.45) is 5.18. The van der Waals surface area contributed by atoms with E-state index in [1.165, 1.54) is 0 Å². The number of imidazole rings is 1. The smallest absolute Gasteiger partial charge is 0.321 e. The fraction of sp³-hybridized carbons (Fsp3) is 0.304. The Morgan fingerprint density at radius 3 is 2.70 bits per heavy atom. The number of rotatable bonds is 7. The third-order valence-electron chi connectivity index (χ3n) is 5.66. The van der Waals surface area contributed by atoms with Crippen LogP contribution in [0.15, 0.2) is 53.7 Å². The first-order valence-electron chi connectivity index (χ1n) is 10.7. The van der Waals surface area contributed by atoms with E-state index in [0.29, 0.717) is 23.5 Å². The van der Waals surface area contributed by atoms with Gasteiger partial charge in [0, 0.05) is 38.3 Å². The van der Waals surface area contributed by atoms with Gasteiger partial charge in [0.05, 0.1) is 28.9 Å². The molecule has 0 aliphatic rings. The molecule has 172 valence electrons. The SMILES string of the molecule is CCNC(=O)Nc1nc2cc(-c3ccn([C@@H](C)[C@@H](C)OC)c(=O)c3)cc(-n3cccn3)c2[nH]1. The number of nitrogens with one attached hydrogen (secondary N) is 3. The lowest BCUT2D eigenvalue weighted by Crippen LogP contribution is -2.29. The van der Waals surface area contributed by atoms with Crippen LogP contribution in [-0.4, -0.2) is 50.1 Å². The van der Waals surface area contributed by atoms with Crippen molar-refractivity contribution in [2.24, 2.45) is 0 Å². The molecule has 10 nitrogen and oxygen atoms in total. The van der Waals surface area contributed by atoms with Crippen molar-refractivity contribution in [2.45, 2.75) is 32.9 Å². The van der Waals surface area contributed by atoms with E-state index >= 15 is 0 Å². The van der Waals surface area contributed by atoms with Gasteiger partial charge in [-0.2, -0.15) is 5.10 Å². The van der Waals surface area contributed by atoms with E-state index in [9.17, 15) is 9.59 Å². The number of amides is 2. The lowest BCUT2D eigenvalue weighted by molar-refractivity contribution is 0.0765. The van der Waals surface area contributed by atoms with Gasteiger partial charge in [0.1, 0.15) is 0 Å². The van der Waals surface area contributed by atoms with Crippen molar-refractivity contribution in [1.82, 2.24) is 29.6 Å². The Labute approximate surface area is 190 Å². The van der Waals surface area contributed by atoms with E-state index in [4.69, 9.17) is 4.74 Å². The maximum absolute atomic E-state index is 12.9. The molecule has 4 rings (SSSR count). The number of fused-ring (bicyclic) bond motifs is 1. The fourth-order valence-corrected chi connectivity index (χ4v) is 3.65. The van der Waals surface area contributed by atoms with Crippen LogP contribution in [-0.2, 0) is 4.74 Å². The van der Waals surface area contributed by atoms with Crippen molar-refractivity contribution in [1.29, 1.82) is 0 Å². The van der Waals surface area contributed by atoms with Gasteiger partial charge in [-0.05, 0) is 56.2 Å². The lowest BCUT2D eigenvalue weighted by atomic mass is 10.0. The predicted molar refractivity (Wildman–Crippen MR) is 127 cm³/mol. The number of anilines is 1. The second kappa shape index (κ2) is 9.29. The van der Waals surface area contributed by atoms with Gasteiger partial charge in [-0.25, -0.2) is 14.5 Å². The normalized spacial score (nSPS) is 13.1. The van der Waals surface area contributed by atoms with Gasteiger partial charge in [-0.1, -0.05) is 0 Å². The molecule has 0 spiro atoms. The maximum atomic E-state index is 12.9. The molecule has 10 heteroatoms. The molecule has 0 bridgehead atoms. The van der Waals surface area contributed by atoms with E-state index in [1.54, 1.807) is 34.8 Å². The van der Waals surface area contributed by atoms with Crippen molar-refractivity contribution in [3.8, 4) is 16.8 Å². The average Bonchev–Trinajstić information content (AvgIpc) is 3.47. The van der Waals surface area contributed by atoms with Crippen molar-refractivity contribution in [2.75, 3.05) is 19.0 Å². The van der Waals surface area contributed by atoms with E-state index in [1.807, 2.05) is 51.2 Å². The number of pyridine rings is 1. The zero-order valence-electron chi connectivity index (χ0n) is 19.0. The van der Waals surface area contributed by atoms with Gasteiger partial charge in [0.15, 0.2) is 0 Å². The summed E-state index contributed by atoms with van der Waals surface area (Å²) in [4.78, 5) is 32.5. The summed E-state index contributed by atoms with van der Waals surface area (Å²) in [6, 6.07) is 8.68. The first kappa shape index (κ1) is 22.3. The Morgan fingerprint density at radius 2 is 2.03 bits per heavy atom. The van der Waals surface area contributed by atoms with Crippen molar-refractivity contribution >= 4 is 23.0 Å². The summed E-state index contributed by atoms with van der Waals surface area (Å²) in [7, 11) is 1.63. The van der Waals surface area contributed by atoms with E-state index < -0.39 is 0 Å². The zero-order valence-corrected chi connectivity index (χ0v) is 19.0. The third kappa shape index (κ3) is 4.51. The minimum atomic E-state index is -0.347. The second-order valence-electron chi connectivity index (χ2n) is 7.75. The summed E-state index contributed by atoms with van der Waals surface area (Å²) < 4.78 is 8.74. The Morgan fingerprint density at radius 1 is 1.21 bits per heavy atom. The number of aromatic nitrogens is 5. The molecule has 3 N–H and O–H groups in total. The largest absolute Gasteiger partial charge is 0.380 e. The van der Waals surface area contributed by atoms with Crippen LogP contribution in [0.2, 0.25) is 0 Å². The summed E-state index contributed by atoms with van der Waals surface area (Å²) in [5, 5.41) is 9.72. The molecular formula is C23H27N7O3. The molecule has 33 heavy (non-hydrogen) atoms. The summed E-state index contributed by atoms with van der Waals surface area (Å²) in [5.41, 5.74) is 3.53. The Kier molecular flexibility index (Phi) is 6.27. The average molecular weight is 450 g/mol. The van der Waals surface area contributed by atoms with Gasteiger partial charge in [-0.15, -0.1) is 0 Å². The van der Waals surface area contributed by atoms with E-state index in [2.05, 4.69) is 25.7 Å². The first-order chi connectivity index (χ1) is 15.9.